The van der Waals surface area contributed by atoms with Crippen LogP contribution in [0.25, 0.3) is 0 Å². The maximum atomic E-state index is 8.92. The maximum Gasteiger partial charge on any atom is 0.164 e. The molecule has 0 spiro atoms. The molecular formula is C10H15ClN4. The fraction of sp³-hybridized carbons (Fsp3) is 0.600. The van der Waals surface area contributed by atoms with Crippen LogP contribution in [0.15, 0.2) is 6.20 Å². The molecule has 0 aromatic carbocycles. The van der Waals surface area contributed by atoms with Crippen molar-refractivity contribution in [2.24, 2.45) is 5.41 Å². The van der Waals surface area contributed by atoms with E-state index in [9.17, 15) is 0 Å². The Balaban J connectivity index is 2.78. The Morgan fingerprint density at radius 1 is 1.73 bits per heavy atom. The molecule has 0 radical (unpaired) electrons. The molecule has 1 rings (SSSR count). The van der Waals surface area contributed by atoms with Gasteiger partial charge < -0.3 is 5.73 Å². The number of hydrogen-bond acceptors (Lipinski definition) is 3. The molecule has 1 atom stereocenters. The first-order chi connectivity index (χ1) is 6.85. The largest absolute Gasteiger partial charge is 0.381 e. The number of anilines is 1. The zero-order valence-electron chi connectivity index (χ0n) is 9.16. The number of nitrogens with two attached hydrogens (primary N) is 1. The predicted molar refractivity (Wildman–Crippen MR) is 60.4 cm³/mol. The van der Waals surface area contributed by atoms with E-state index in [1.165, 1.54) is 0 Å². The number of halogens is 1. The van der Waals surface area contributed by atoms with Crippen molar-refractivity contribution in [1.29, 1.82) is 5.26 Å². The van der Waals surface area contributed by atoms with Gasteiger partial charge in [-0.05, 0) is 27.2 Å². The second-order valence-electron chi connectivity index (χ2n) is 4.39. The van der Waals surface area contributed by atoms with Crippen LogP contribution in [0, 0.1) is 16.7 Å². The minimum Gasteiger partial charge on any atom is -0.381 e. The van der Waals surface area contributed by atoms with Crippen LogP contribution in [0.5, 0.6) is 0 Å². The van der Waals surface area contributed by atoms with Crippen LogP contribution >= 0.6 is 11.6 Å². The van der Waals surface area contributed by atoms with Gasteiger partial charge in [-0.25, -0.2) is 0 Å². The minimum absolute atomic E-state index is 0.106. The second kappa shape index (κ2) is 4.11. The number of rotatable bonds is 3. The summed E-state index contributed by atoms with van der Waals surface area (Å²) in [4.78, 5) is 0. The average Bonchev–Trinajstić information content (AvgIpc) is 2.47. The van der Waals surface area contributed by atoms with Crippen molar-refractivity contribution in [2.45, 2.75) is 33.2 Å². The van der Waals surface area contributed by atoms with Crippen LogP contribution in [-0.4, -0.2) is 9.78 Å². The molecule has 0 fully saturated rings. The van der Waals surface area contributed by atoms with Gasteiger partial charge in [-0.1, -0.05) is 11.6 Å². The molecule has 82 valence electrons. The highest BCUT2D eigenvalue weighted by atomic mass is 35.5. The lowest BCUT2D eigenvalue weighted by molar-refractivity contribution is 0.337. The molecule has 0 saturated heterocycles. The van der Waals surface area contributed by atoms with Gasteiger partial charge in [0, 0.05) is 6.20 Å². The number of nitrogen functional groups attached to an aromatic ring is 1. The Morgan fingerprint density at radius 2 is 2.33 bits per heavy atom. The molecule has 15 heavy (non-hydrogen) atoms. The van der Waals surface area contributed by atoms with Gasteiger partial charge >= 0.3 is 0 Å². The van der Waals surface area contributed by atoms with Crippen LogP contribution in [0.2, 0.25) is 5.02 Å². The summed E-state index contributed by atoms with van der Waals surface area (Å²) in [6.07, 6.45) is 2.40. The third kappa shape index (κ3) is 2.87. The number of hydrogen-bond donors (Lipinski definition) is 1. The molecule has 1 aromatic heterocycles. The van der Waals surface area contributed by atoms with E-state index in [-0.39, 0.29) is 11.5 Å². The summed E-state index contributed by atoms with van der Waals surface area (Å²) < 4.78 is 1.71. The van der Waals surface area contributed by atoms with Crippen LogP contribution < -0.4 is 5.73 Å². The van der Waals surface area contributed by atoms with E-state index in [0.717, 1.165) is 0 Å². The minimum atomic E-state index is -0.368. The fourth-order valence-corrected chi connectivity index (χ4v) is 1.62. The molecule has 5 heteroatoms. The fourth-order valence-electron chi connectivity index (χ4n) is 1.49. The lowest BCUT2D eigenvalue weighted by Crippen LogP contribution is -2.16. The monoisotopic (exact) mass is 226 g/mol. The van der Waals surface area contributed by atoms with Crippen molar-refractivity contribution in [3.05, 3.63) is 11.2 Å². The van der Waals surface area contributed by atoms with E-state index < -0.39 is 0 Å². The zero-order valence-corrected chi connectivity index (χ0v) is 9.91. The third-order valence-corrected chi connectivity index (χ3v) is 2.56. The van der Waals surface area contributed by atoms with Crippen molar-refractivity contribution in [3.8, 4) is 6.07 Å². The molecule has 0 aliphatic rings. The van der Waals surface area contributed by atoms with Crippen LogP contribution in [0.3, 0.4) is 0 Å². The lowest BCUT2D eigenvalue weighted by Gasteiger charge is -2.20. The van der Waals surface area contributed by atoms with Crippen molar-refractivity contribution in [2.75, 3.05) is 5.73 Å². The molecule has 0 aliphatic carbocycles. The van der Waals surface area contributed by atoms with Crippen molar-refractivity contribution < 1.29 is 0 Å². The Kier molecular flexibility index (Phi) is 3.25. The molecule has 0 bridgehead atoms. The van der Waals surface area contributed by atoms with Gasteiger partial charge in [0.1, 0.15) is 5.02 Å². The summed E-state index contributed by atoms with van der Waals surface area (Å²) in [6, 6.07) is 2.36. The first-order valence-corrected chi connectivity index (χ1v) is 5.15. The summed E-state index contributed by atoms with van der Waals surface area (Å²) >= 11 is 5.81. The highest BCUT2D eigenvalue weighted by Crippen LogP contribution is 2.28. The number of nitrogens with zero attached hydrogens (tertiary/aromatic N) is 3. The van der Waals surface area contributed by atoms with Crippen LogP contribution in [-0.2, 0) is 0 Å². The summed E-state index contributed by atoms with van der Waals surface area (Å²) in [5, 5.41) is 13.5. The van der Waals surface area contributed by atoms with E-state index in [4.69, 9.17) is 22.6 Å². The topological polar surface area (TPSA) is 67.6 Å². The second-order valence-corrected chi connectivity index (χ2v) is 4.80. The molecule has 0 aliphatic heterocycles. The SMILES string of the molecule is CC(CC(C)(C)C#N)n1cc(Cl)c(N)n1. The van der Waals surface area contributed by atoms with E-state index in [1.807, 2.05) is 20.8 Å². The summed E-state index contributed by atoms with van der Waals surface area (Å²) in [5.41, 5.74) is 5.18. The summed E-state index contributed by atoms with van der Waals surface area (Å²) in [5.74, 6) is 0.332. The molecule has 1 unspecified atom stereocenters. The standard InChI is InChI=1S/C10H15ClN4/c1-7(4-10(2,3)6-12)15-5-8(11)9(13)14-15/h5,7H,4H2,1-3H3,(H2,13,14). The molecule has 0 saturated carbocycles. The quantitative estimate of drug-likeness (QED) is 0.862. The Labute approximate surface area is 94.6 Å². The van der Waals surface area contributed by atoms with Crippen LogP contribution in [0.1, 0.15) is 33.2 Å². The van der Waals surface area contributed by atoms with Gasteiger partial charge in [0.25, 0.3) is 0 Å². The first kappa shape index (κ1) is 11.9. The lowest BCUT2D eigenvalue weighted by atomic mass is 9.88. The predicted octanol–water partition coefficient (Wildman–Crippen LogP) is 2.62. The van der Waals surface area contributed by atoms with Crippen LogP contribution in [0.4, 0.5) is 5.82 Å². The van der Waals surface area contributed by atoms with Crippen molar-refractivity contribution in [1.82, 2.24) is 9.78 Å². The van der Waals surface area contributed by atoms with Gasteiger partial charge in [0.05, 0.1) is 17.5 Å². The molecule has 2 N–H and O–H groups in total. The van der Waals surface area contributed by atoms with Crippen molar-refractivity contribution >= 4 is 17.4 Å². The smallest absolute Gasteiger partial charge is 0.164 e. The molecule has 1 heterocycles. The van der Waals surface area contributed by atoms with Gasteiger partial charge in [0.15, 0.2) is 5.82 Å². The summed E-state index contributed by atoms with van der Waals surface area (Å²) in [6.45, 7) is 5.79. The summed E-state index contributed by atoms with van der Waals surface area (Å²) in [7, 11) is 0. The van der Waals surface area contributed by atoms with E-state index in [1.54, 1.807) is 10.9 Å². The van der Waals surface area contributed by atoms with Gasteiger partial charge in [-0.2, -0.15) is 10.4 Å². The molecular weight excluding hydrogens is 212 g/mol. The van der Waals surface area contributed by atoms with E-state index in [2.05, 4.69) is 11.2 Å². The van der Waals surface area contributed by atoms with E-state index >= 15 is 0 Å². The molecule has 4 nitrogen and oxygen atoms in total. The number of aromatic nitrogens is 2. The van der Waals surface area contributed by atoms with Gasteiger partial charge in [-0.15, -0.1) is 0 Å². The van der Waals surface area contributed by atoms with Crippen molar-refractivity contribution in [3.63, 3.8) is 0 Å². The Bertz CT molecular complexity index is 369. The highest BCUT2D eigenvalue weighted by molar-refractivity contribution is 6.32. The van der Waals surface area contributed by atoms with Gasteiger partial charge in [-0.3, -0.25) is 4.68 Å². The van der Waals surface area contributed by atoms with Gasteiger partial charge in [0.2, 0.25) is 0 Å². The normalized spacial score (nSPS) is 13.5. The zero-order chi connectivity index (χ0) is 11.6. The van der Waals surface area contributed by atoms with E-state index in [0.29, 0.717) is 17.3 Å². The molecule has 1 aromatic rings. The number of nitriles is 1. The maximum absolute atomic E-state index is 8.92. The Morgan fingerprint density at radius 3 is 2.73 bits per heavy atom. The Hall–Kier alpha value is -1.21. The highest BCUT2D eigenvalue weighted by Gasteiger charge is 2.22. The first-order valence-electron chi connectivity index (χ1n) is 4.77. The third-order valence-electron chi connectivity index (χ3n) is 2.27. The average molecular weight is 227 g/mol. The molecule has 0 amide bonds.